The number of aliphatic imine (C=N–C) groups is 1. The van der Waals surface area contributed by atoms with Crippen molar-refractivity contribution in [3.8, 4) is 0 Å². The van der Waals surface area contributed by atoms with Crippen LogP contribution >= 0.6 is 0 Å². The summed E-state index contributed by atoms with van der Waals surface area (Å²) in [5.41, 5.74) is 7.65. The van der Waals surface area contributed by atoms with Gasteiger partial charge >= 0.3 is 0 Å². The Labute approximate surface area is 205 Å². The van der Waals surface area contributed by atoms with Crippen LogP contribution in [0.1, 0.15) is 37.5 Å². The Kier molecular flexibility index (Phi) is 7.15. The molecular formula is C28H38N2O3Si. The highest BCUT2D eigenvalue weighted by molar-refractivity contribution is 6.74. The average Bonchev–Trinajstić information content (AvgIpc) is 2.95. The Morgan fingerprint density at radius 1 is 1.09 bits per heavy atom. The number of ether oxygens (including phenoxy) is 2. The van der Waals surface area contributed by atoms with Crippen LogP contribution in [0.25, 0.3) is 0 Å². The zero-order valence-corrected chi connectivity index (χ0v) is 22.6. The van der Waals surface area contributed by atoms with Gasteiger partial charge in [-0.2, -0.15) is 0 Å². The second-order valence-corrected chi connectivity index (χ2v) is 15.7. The van der Waals surface area contributed by atoms with Crippen LogP contribution in [0.3, 0.4) is 0 Å². The van der Waals surface area contributed by atoms with Gasteiger partial charge < -0.3 is 19.2 Å². The first-order valence-corrected chi connectivity index (χ1v) is 15.0. The van der Waals surface area contributed by atoms with Gasteiger partial charge in [-0.1, -0.05) is 51.1 Å². The van der Waals surface area contributed by atoms with E-state index in [0.29, 0.717) is 19.8 Å². The van der Waals surface area contributed by atoms with Crippen LogP contribution < -0.4 is 5.32 Å². The molecule has 5 nitrogen and oxygen atoms in total. The van der Waals surface area contributed by atoms with E-state index in [4.69, 9.17) is 18.9 Å². The van der Waals surface area contributed by atoms with E-state index in [1.807, 2.05) is 18.2 Å². The molecule has 6 heteroatoms. The summed E-state index contributed by atoms with van der Waals surface area (Å²) < 4.78 is 19.2. The molecule has 0 bridgehead atoms. The first kappa shape index (κ1) is 24.9. The van der Waals surface area contributed by atoms with E-state index in [2.05, 4.69) is 83.4 Å². The summed E-state index contributed by atoms with van der Waals surface area (Å²) in [6.45, 7) is 17.2. The van der Waals surface area contributed by atoms with Gasteiger partial charge in [0, 0.05) is 6.54 Å². The monoisotopic (exact) mass is 478 g/mol. The lowest BCUT2D eigenvalue weighted by Gasteiger charge is -2.38. The van der Waals surface area contributed by atoms with Gasteiger partial charge in [-0.15, -0.1) is 0 Å². The summed E-state index contributed by atoms with van der Waals surface area (Å²) in [5.74, 6) is 0. The van der Waals surface area contributed by atoms with Gasteiger partial charge in [0.05, 0.1) is 30.3 Å². The minimum atomic E-state index is -1.95. The van der Waals surface area contributed by atoms with Crippen LogP contribution in [0, 0.1) is 13.8 Å². The average molecular weight is 479 g/mol. The number of rotatable bonds is 6. The molecular weight excluding hydrogens is 440 g/mol. The lowest BCUT2D eigenvalue weighted by molar-refractivity contribution is -0.142. The summed E-state index contributed by atoms with van der Waals surface area (Å²) in [6, 6.07) is 14.5. The molecule has 2 atom stereocenters. The van der Waals surface area contributed by atoms with Crippen LogP contribution in [-0.4, -0.2) is 39.6 Å². The third kappa shape index (κ3) is 5.52. The van der Waals surface area contributed by atoms with Crippen LogP contribution in [0.5, 0.6) is 0 Å². The van der Waals surface area contributed by atoms with Gasteiger partial charge in [-0.3, -0.25) is 0 Å². The van der Waals surface area contributed by atoms with Gasteiger partial charge in [0.25, 0.3) is 0 Å². The fourth-order valence-electron chi connectivity index (χ4n) is 3.83. The van der Waals surface area contributed by atoms with Crippen molar-refractivity contribution in [1.29, 1.82) is 0 Å². The summed E-state index contributed by atoms with van der Waals surface area (Å²) in [7, 11) is -1.95. The number of fused-ring (bicyclic) bond motifs is 2. The van der Waals surface area contributed by atoms with E-state index < -0.39 is 14.6 Å². The topological polar surface area (TPSA) is 52.1 Å². The number of aryl methyl sites for hydroxylation is 2. The Bertz CT molecular complexity index is 1090. The lowest BCUT2D eigenvalue weighted by atomic mass is 10.0. The predicted octanol–water partition coefficient (Wildman–Crippen LogP) is 6.69. The van der Waals surface area contributed by atoms with Crippen molar-refractivity contribution in [2.45, 2.75) is 71.8 Å². The fraction of sp³-hybridized carbons (Fsp3) is 0.464. The second kappa shape index (κ2) is 9.78. The van der Waals surface area contributed by atoms with Crippen molar-refractivity contribution < 1.29 is 13.9 Å². The number of benzene rings is 2. The van der Waals surface area contributed by atoms with Crippen molar-refractivity contribution in [2.24, 2.45) is 4.99 Å². The molecule has 182 valence electrons. The molecule has 34 heavy (non-hydrogen) atoms. The fourth-order valence-corrected chi connectivity index (χ4v) is 4.83. The van der Waals surface area contributed by atoms with Crippen molar-refractivity contribution in [3.05, 3.63) is 70.8 Å². The highest BCUT2D eigenvalue weighted by Gasteiger charge is 2.39. The first-order valence-electron chi connectivity index (χ1n) is 12.1. The van der Waals surface area contributed by atoms with E-state index in [9.17, 15) is 0 Å². The molecule has 0 radical (unpaired) electrons. The van der Waals surface area contributed by atoms with Crippen molar-refractivity contribution in [1.82, 2.24) is 0 Å². The summed E-state index contributed by atoms with van der Waals surface area (Å²) in [4.78, 5) is 5.10. The Morgan fingerprint density at radius 3 is 2.50 bits per heavy atom. The highest BCUT2D eigenvalue weighted by Crippen LogP contribution is 2.38. The van der Waals surface area contributed by atoms with Gasteiger partial charge in [0.2, 0.25) is 0 Å². The molecule has 0 amide bonds. The molecule has 4 rings (SSSR count). The Balaban J connectivity index is 1.62. The van der Waals surface area contributed by atoms with Gasteiger partial charge in [-0.05, 0) is 72.5 Å². The summed E-state index contributed by atoms with van der Waals surface area (Å²) >= 11 is 0. The molecule has 0 aromatic heterocycles. The molecule has 1 N–H and O–H groups in total. The van der Waals surface area contributed by atoms with Gasteiger partial charge in [0.15, 0.2) is 14.6 Å². The van der Waals surface area contributed by atoms with Crippen molar-refractivity contribution in [3.63, 3.8) is 0 Å². The molecule has 0 saturated heterocycles. The smallest absolute Gasteiger partial charge is 0.192 e. The maximum absolute atomic E-state index is 6.60. The Hall–Kier alpha value is -2.25. The minimum absolute atomic E-state index is 0.123. The minimum Gasteiger partial charge on any atom is -0.414 e. The van der Waals surface area contributed by atoms with Crippen LogP contribution in [0.4, 0.5) is 11.4 Å². The maximum Gasteiger partial charge on any atom is 0.192 e. The summed E-state index contributed by atoms with van der Waals surface area (Å²) in [5, 5.41) is 3.70. The van der Waals surface area contributed by atoms with Gasteiger partial charge in [0.1, 0.15) is 6.10 Å². The molecule has 2 aliphatic heterocycles. The number of nitrogens with zero attached hydrogens (tertiary/aromatic N) is 1. The van der Waals surface area contributed by atoms with E-state index >= 15 is 0 Å². The number of hydrogen-bond donors (Lipinski definition) is 1. The largest absolute Gasteiger partial charge is 0.414 e. The van der Waals surface area contributed by atoms with E-state index in [0.717, 1.165) is 28.2 Å². The van der Waals surface area contributed by atoms with Crippen LogP contribution in [0.2, 0.25) is 18.1 Å². The van der Waals surface area contributed by atoms with E-state index in [1.54, 1.807) is 0 Å². The van der Waals surface area contributed by atoms with E-state index in [1.165, 1.54) is 11.1 Å². The molecule has 0 fully saturated rings. The highest BCUT2D eigenvalue weighted by atomic mass is 28.4. The van der Waals surface area contributed by atoms with Crippen molar-refractivity contribution >= 4 is 25.4 Å². The summed E-state index contributed by atoms with van der Waals surface area (Å²) in [6.07, 6.45) is 1.32. The molecule has 2 heterocycles. The number of anilines is 1. The molecule has 0 spiro atoms. The van der Waals surface area contributed by atoms with Crippen LogP contribution in [0.15, 0.2) is 59.1 Å². The zero-order chi connectivity index (χ0) is 24.5. The quantitative estimate of drug-likeness (QED) is 0.470. The standard InChI is InChI=1S/C28H38N2O3Si/c1-19-13-23-24(14-20(19)2)30-27-22(16-29-23)15-26(31-17-21-11-9-8-10-12-21)33-25(27)18-32-34(6,7)28(3,4)5/h8-15,25-26,29H,16-18H2,1-7H3/t25-,26+/m1/s1. The normalized spacial score (nSPS) is 20.4. The lowest BCUT2D eigenvalue weighted by Crippen LogP contribution is -2.46. The van der Waals surface area contributed by atoms with Gasteiger partial charge in [-0.25, -0.2) is 4.99 Å². The number of nitrogens with one attached hydrogen (secondary N) is 1. The third-order valence-electron chi connectivity index (χ3n) is 7.25. The molecule has 2 aromatic rings. The van der Waals surface area contributed by atoms with E-state index in [-0.39, 0.29) is 11.1 Å². The first-order chi connectivity index (χ1) is 16.0. The predicted molar refractivity (Wildman–Crippen MR) is 143 cm³/mol. The van der Waals surface area contributed by atoms with Crippen LogP contribution in [-0.2, 0) is 20.5 Å². The Morgan fingerprint density at radius 2 is 1.79 bits per heavy atom. The molecule has 2 aromatic carbocycles. The zero-order valence-electron chi connectivity index (χ0n) is 21.6. The maximum atomic E-state index is 6.60. The number of hydrogen-bond acceptors (Lipinski definition) is 5. The van der Waals surface area contributed by atoms with Crippen molar-refractivity contribution in [2.75, 3.05) is 18.5 Å². The molecule has 2 aliphatic rings. The molecule has 0 saturated carbocycles. The SMILES string of the molecule is Cc1cc2c(cc1C)NCC1=C[C@@H](OCc3ccccc3)O[C@H](CO[Si](C)(C)C(C)(C)C)C1=N2. The molecule has 0 unspecified atom stereocenters. The molecule has 0 aliphatic carbocycles. The second-order valence-electron chi connectivity index (χ2n) is 10.9. The third-order valence-corrected chi connectivity index (χ3v) is 11.8.